The smallest absolute Gasteiger partial charge is 0.238 e. The quantitative estimate of drug-likeness (QED) is 0.673. The van der Waals surface area contributed by atoms with Crippen molar-refractivity contribution in [1.29, 1.82) is 5.41 Å². The third-order valence-corrected chi connectivity index (χ3v) is 2.54. The molecule has 0 spiro atoms. The zero-order valence-electron chi connectivity index (χ0n) is 11.2. The average molecular weight is 260 g/mol. The minimum absolute atomic E-state index is 0.0363. The molecule has 0 bridgehead atoms. The van der Waals surface area contributed by atoms with Crippen LogP contribution in [-0.2, 0) is 4.74 Å². The number of aromatic nitrogens is 3. The number of imidazole rings is 1. The van der Waals surface area contributed by atoms with Gasteiger partial charge in [0.2, 0.25) is 11.8 Å². The van der Waals surface area contributed by atoms with Gasteiger partial charge >= 0.3 is 0 Å². The van der Waals surface area contributed by atoms with Crippen molar-refractivity contribution in [2.75, 3.05) is 13.7 Å². The minimum atomic E-state index is 0.0363. The van der Waals surface area contributed by atoms with E-state index in [-0.39, 0.29) is 5.90 Å². The highest BCUT2D eigenvalue weighted by molar-refractivity contribution is 5.89. The van der Waals surface area contributed by atoms with Gasteiger partial charge in [0.05, 0.1) is 25.7 Å². The van der Waals surface area contributed by atoms with Crippen molar-refractivity contribution in [3.63, 3.8) is 0 Å². The van der Waals surface area contributed by atoms with Crippen molar-refractivity contribution < 1.29 is 9.47 Å². The highest BCUT2D eigenvalue weighted by Crippen LogP contribution is 2.21. The molecule has 0 atom stereocenters. The predicted octanol–water partition coefficient (Wildman–Crippen LogP) is 1.95. The van der Waals surface area contributed by atoms with Crippen molar-refractivity contribution in [1.82, 2.24) is 14.5 Å². The Morgan fingerprint density at radius 3 is 2.79 bits per heavy atom. The normalized spacial score (nSPS) is 10.3. The second kappa shape index (κ2) is 5.51. The van der Waals surface area contributed by atoms with E-state index in [1.165, 1.54) is 0 Å². The Hall–Kier alpha value is -2.37. The van der Waals surface area contributed by atoms with Gasteiger partial charge in [-0.1, -0.05) is 0 Å². The number of rotatable bonds is 4. The Bertz CT molecular complexity index is 592. The van der Waals surface area contributed by atoms with Crippen LogP contribution in [0.3, 0.4) is 0 Å². The van der Waals surface area contributed by atoms with Gasteiger partial charge in [-0.2, -0.15) is 0 Å². The molecule has 0 fully saturated rings. The molecule has 2 aromatic heterocycles. The summed E-state index contributed by atoms with van der Waals surface area (Å²) in [6, 6.07) is 3.56. The average Bonchev–Trinajstić information content (AvgIpc) is 2.84. The van der Waals surface area contributed by atoms with Crippen LogP contribution >= 0.6 is 0 Å². The fourth-order valence-corrected chi connectivity index (χ4v) is 1.68. The molecule has 2 rings (SSSR count). The molecule has 2 heterocycles. The Balaban J connectivity index is 2.39. The molecular weight excluding hydrogens is 244 g/mol. The third kappa shape index (κ3) is 2.73. The van der Waals surface area contributed by atoms with Gasteiger partial charge < -0.3 is 14.0 Å². The first-order valence-corrected chi connectivity index (χ1v) is 5.93. The van der Waals surface area contributed by atoms with Crippen molar-refractivity contribution in [2.45, 2.75) is 13.8 Å². The van der Waals surface area contributed by atoms with Crippen LogP contribution in [0.4, 0.5) is 0 Å². The molecular formula is C13H16N4O2. The molecule has 0 unspecified atom stereocenters. The highest BCUT2D eigenvalue weighted by atomic mass is 16.5. The molecule has 100 valence electrons. The molecule has 19 heavy (non-hydrogen) atoms. The van der Waals surface area contributed by atoms with Crippen LogP contribution in [0.2, 0.25) is 0 Å². The second-order valence-electron chi connectivity index (χ2n) is 3.91. The van der Waals surface area contributed by atoms with E-state index < -0.39 is 0 Å². The van der Waals surface area contributed by atoms with Gasteiger partial charge in [-0.05, 0) is 26.0 Å². The summed E-state index contributed by atoms with van der Waals surface area (Å²) in [7, 11) is 1.55. The lowest BCUT2D eigenvalue weighted by molar-refractivity contribution is 0.323. The molecule has 0 aliphatic rings. The third-order valence-electron chi connectivity index (χ3n) is 2.54. The second-order valence-corrected chi connectivity index (χ2v) is 3.91. The topological polar surface area (TPSA) is 73.0 Å². The van der Waals surface area contributed by atoms with Crippen LogP contribution < -0.4 is 4.74 Å². The molecule has 0 aliphatic heterocycles. The van der Waals surface area contributed by atoms with E-state index in [1.807, 2.05) is 30.7 Å². The van der Waals surface area contributed by atoms with Gasteiger partial charge in [-0.15, -0.1) is 0 Å². The van der Waals surface area contributed by atoms with Gasteiger partial charge in [0.1, 0.15) is 11.4 Å². The van der Waals surface area contributed by atoms with Crippen LogP contribution in [-0.4, -0.2) is 34.1 Å². The van der Waals surface area contributed by atoms with Gasteiger partial charge in [-0.25, -0.2) is 9.97 Å². The Morgan fingerprint density at radius 2 is 2.21 bits per heavy atom. The van der Waals surface area contributed by atoms with Crippen molar-refractivity contribution in [3.8, 4) is 11.6 Å². The largest absolute Gasteiger partial charge is 0.479 e. The number of aryl methyl sites for hydroxylation is 1. The lowest BCUT2D eigenvalue weighted by atomic mass is 10.3. The fourth-order valence-electron chi connectivity index (χ4n) is 1.68. The number of nitrogens with one attached hydrogen (secondary N) is 1. The lowest BCUT2D eigenvalue weighted by Crippen LogP contribution is -2.09. The monoisotopic (exact) mass is 260 g/mol. The molecule has 1 N–H and O–H groups in total. The zero-order valence-corrected chi connectivity index (χ0v) is 11.2. The molecule has 6 heteroatoms. The van der Waals surface area contributed by atoms with E-state index in [4.69, 9.17) is 14.9 Å². The molecule has 0 amide bonds. The molecule has 0 radical (unpaired) electrons. The number of pyridine rings is 1. The summed E-state index contributed by atoms with van der Waals surface area (Å²) in [6.45, 7) is 4.18. The maximum atomic E-state index is 7.72. The van der Waals surface area contributed by atoms with Crippen molar-refractivity contribution in [2.24, 2.45) is 0 Å². The first-order valence-electron chi connectivity index (χ1n) is 5.93. The van der Waals surface area contributed by atoms with Crippen LogP contribution in [0.1, 0.15) is 18.3 Å². The van der Waals surface area contributed by atoms with Crippen molar-refractivity contribution >= 4 is 5.90 Å². The maximum absolute atomic E-state index is 7.72. The van der Waals surface area contributed by atoms with E-state index in [1.54, 1.807) is 19.5 Å². The summed E-state index contributed by atoms with van der Waals surface area (Å²) in [6.07, 6.45) is 3.58. The summed E-state index contributed by atoms with van der Waals surface area (Å²) in [4.78, 5) is 8.44. The standard InChI is InChI=1S/C13H16N4O2/c1-4-19-12(14)10-5-6-11(13(16-10)18-3)17-7-9(2)15-8-17/h5-8,14H,4H2,1-3H3. The van der Waals surface area contributed by atoms with Gasteiger partial charge in [0.25, 0.3) is 0 Å². The summed E-state index contributed by atoms with van der Waals surface area (Å²) < 4.78 is 12.2. The molecule has 2 aromatic rings. The Morgan fingerprint density at radius 1 is 1.42 bits per heavy atom. The summed E-state index contributed by atoms with van der Waals surface area (Å²) in [5, 5.41) is 7.72. The van der Waals surface area contributed by atoms with E-state index in [0.717, 1.165) is 11.4 Å². The minimum Gasteiger partial charge on any atom is -0.479 e. The molecule has 0 aromatic carbocycles. The number of hydrogen-bond acceptors (Lipinski definition) is 5. The van der Waals surface area contributed by atoms with Gasteiger partial charge in [-0.3, -0.25) is 5.41 Å². The van der Waals surface area contributed by atoms with Crippen LogP contribution in [0.15, 0.2) is 24.7 Å². The molecule has 0 saturated heterocycles. The SMILES string of the molecule is CCOC(=N)c1ccc(-n2cnc(C)c2)c(OC)n1. The number of ether oxygens (including phenoxy) is 2. The maximum Gasteiger partial charge on any atom is 0.238 e. The molecule has 6 nitrogen and oxygen atoms in total. The van der Waals surface area contributed by atoms with Crippen LogP contribution in [0.5, 0.6) is 5.88 Å². The van der Waals surface area contributed by atoms with E-state index >= 15 is 0 Å². The summed E-state index contributed by atoms with van der Waals surface area (Å²) in [5.41, 5.74) is 2.13. The van der Waals surface area contributed by atoms with E-state index in [2.05, 4.69) is 9.97 Å². The zero-order chi connectivity index (χ0) is 13.8. The Labute approximate surface area is 111 Å². The fraction of sp³-hybridized carbons (Fsp3) is 0.308. The van der Waals surface area contributed by atoms with Gasteiger partial charge in [0.15, 0.2) is 0 Å². The van der Waals surface area contributed by atoms with Crippen molar-refractivity contribution in [3.05, 3.63) is 36.0 Å². The van der Waals surface area contributed by atoms with Crippen LogP contribution in [0.25, 0.3) is 5.69 Å². The summed E-state index contributed by atoms with van der Waals surface area (Å²) in [5.74, 6) is 0.466. The first kappa shape index (κ1) is 13.1. The Kier molecular flexibility index (Phi) is 3.79. The number of hydrogen-bond donors (Lipinski definition) is 1. The number of methoxy groups -OCH3 is 1. The van der Waals surface area contributed by atoms with E-state index in [9.17, 15) is 0 Å². The predicted molar refractivity (Wildman–Crippen MR) is 71.1 cm³/mol. The van der Waals surface area contributed by atoms with Crippen LogP contribution in [0, 0.1) is 12.3 Å². The lowest BCUT2D eigenvalue weighted by Gasteiger charge is -2.10. The molecule has 0 aliphatic carbocycles. The van der Waals surface area contributed by atoms with Gasteiger partial charge in [0, 0.05) is 6.20 Å². The molecule has 0 saturated carbocycles. The first-order chi connectivity index (χ1) is 9.15. The summed E-state index contributed by atoms with van der Waals surface area (Å²) >= 11 is 0. The highest BCUT2D eigenvalue weighted by Gasteiger charge is 2.11. The van der Waals surface area contributed by atoms with E-state index in [0.29, 0.717) is 18.2 Å². The number of nitrogens with zero attached hydrogens (tertiary/aromatic N) is 3.